The van der Waals surface area contributed by atoms with Crippen molar-refractivity contribution in [3.8, 4) is 11.4 Å². The number of aromatic amines is 1. The van der Waals surface area contributed by atoms with E-state index >= 15 is 0 Å². The van der Waals surface area contributed by atoms with E-state index in [1.165, 1.54) is 18.2 Å². The lowest BCUT2D eigenvalue weighted by Crippen LogP contribution is -2.44. The van der Waals surface area contributed by atoms with Gasteiger partial charge in [-0.1, -0.05) is 12.1 Å². The second kappa shape index (κ2) is 5.87. The molecule has 0 aliphatic carbocycles. The molecule has 0 saturated carbocycles. The highest BCUT2D eigenvalue weighted by Crippen LogP contribution is 2.28. The Morgan fingerprint density at radius 2 is 1.83 bits per heavy atom. The van der Waals surface area contributed by atoms with Crippen LogP contribution in [0.15, 0.2) is 36.4 Å². The van der Waals surface area contributed by atoms with Crippen molar-refractivity contribution in [3.63, 3.8) is 0 Å². The standard InChI is InChI=1S/C18H18F2N4/c1-23-5-7-24(8-6-23)17-11-16-15(10-14(17)20)21-18(22-16)12-3-2-4-13(19)9-12/h2-4,9-11H,5-8H2,1H3,(H,21,22). The number of piperazine rings is 1. The number of anilines is 1. The van der Waals surface area contributed by atoms with Gasteiger partial charge in [-0.25, -0.2) is 13.8 Å². The maximum absolute atomic E-state index is 14.5. The largest absolute Gasteiger partial charge is 0.367 e. The Morgan fingerprint density at radius 3 is 2.58 bits per heavy atom. The second-order valence-corrected chi connectivity index (χ2v) is 6.21. The van der Waals surface area contributed by atoms with Crippen molar-refractivity contribution >= 4 is 16.7 Å². The van der Waals surface area contributed by atoms with Crippen LogP contribution >= 0.6 is 0 Å². The number of nitrogens with zero attached hydrogens (tertiary/aromatic N) is 3. The number of fused-ring (bicyclic) bond motifs is 1. The van der Waals surface area contributed by atoms with E-state index in [2.05, 4.69) is 21.9 Å². The molecule has 1 saturated heterocycles. The molecule has 1 aliphatic heterocycles. The van der Waals surface area contributed by atoms with Crippen molar-refractivity contribution in [3.05, 3.63) is 48.0 Å². The SMILES string of the molecule is CN1CCN(c2cc3nc(-c4cccc(F)c4)[nH]c3cc2F)CC1. The minimum absolute atomic E-state index is 0.263. The van der Waals surface area contributed by atoms with Crippen LogP contribution < -0.4 is 4.90 Å². The van der Waals surface area contributed by atoms with E-state index in [4.69, 9.17) is 0 Å². The average molecular weight is 328 g/mol. The van der Waals surface area contributed by atoms with Gasteiger partial charge in [-0.05, 0) is 25.2 Å². The number of halogens is 2. The van der Waals surface area contributed by atoms with E-state index in [9.17, 15) is 8.78 Å². The molecule has 24 heavy (non-hydrogen) atoms. The molecule has 1 N–H and O–H groups in total. The summed E-state index contributed by atoms with van der Waals surface area (Å²) in [4.78, 5) is 11.9. The molecule has 0 unspecified atom stereocenters. The third-order valence-corrected chi connectivity index (χ3v) is 4.49. The van der Waals surface area contributed by atoms with Gasteiger partial charge in [0.1, 0.15) is 17.5 Å². The van der Waals surface area contributed by atoms with E-state index in [-0.39, 0.29) is 11.6 Å². The zero-order chi connectivity index (χ0) is 16.7. The van der Waals surface area contributed by atoms with Crippen LogP contribution in [0.5, 0.6) is 0 Å². The fraction of sp³-hybridized carbons (Fsp3) is 0.278. The molecule has 3 aromatic rings. The predicted molar refractivity (Wildman–Crippen MR) is 91.2 cm³/mol. The second-order valence-electron chi connectivity index (χ2n) is 6.21. The zero-order valence-corrected chi connectivity index (χ0v) is 13.4. The van der Waals surface area contributed by atoms with Gasteiger partial charge in [0, 0.05) is 37.8 Å². The molecular formula is C18H18F2N4. The first-order valence-corrected chi connectivity index (χ1v) is 7.99. The van der Waals surface area contributed by atoms with Crippen LogP contribution in [0.25, 0.3) is 22.4 Å². The number of nitrogens with one attached hydrogen (secondary N) is 1. The summed E-state index contributed by atoms with van der Waals surface area (Å²) in [6, 6.07) is 9.45. The molecule has 1 fully saturated rings. The maximum Gasteiger partial charge on any atom is 0.148 e. The van der Waals surface area contributed by atoms with Gasteiger partial charge >= 0.3 is 0 Å². The van der Waals surface area contributed by atoms with E-state index in [1.54, 1.807) is 18.2 Å². The van der Waals surface area contributed by atoms with Gasteiger partial charge in [0.05, 0.1) is 16.7 Å². The van der Waals surface area contributed by atoms with Crippen LogP contribution in [0.2, 0.25) is 0 Å². The molecule has 0 spiro atoms. The highest BCUT2D eigenvalue weighted by atomic mass is 19.1. The molecule has 6 heteroatoms. The summed E-state index contributed by atoms with van der Waals surface area (Å²) in [5.41, 5.74) is 2.52. The van der Waals surface area contributed by atoms with Crippen molar-refractivity contribution < 1.29 is 8.78 Å². The molecule has 1 aromatic heterocycles. The van der Waals surface area contributed by atoms with E-state index in [0.29, 0.717) is 28.1 Å². The highest BCUT2D eigenvalue weighted by molar-refractivity contribution is 5.83. The van der Waals surface area contributed by atoms with Crippen molar-refractivity contribution in [2.24, 2.45) is 0 Å². The molecule has 124 valence electrons. The minimum atomic E-state index is -0.322. The van der Waals surface area contributed by atoms with Crippen LogP contribution in [-0.4, -0.2) is 48.1 Å². The van der Waals surface area contributed by atoms with Crippen molar-refractivity contribution in [1.82, 2.24) is 14.9 Å². The minimum Gasteiger partial charge on any atom is -0.367 e. The van der Waals surface area contributed by atoms with Crippen molar-refractivity contribution in [2.75, 3.05) is 38.1 Å². The number of hydrogen-bond acceptors (Lipinski definition) is 3. The Morgan fingerprint density at radius 1 is 1.04 bits per heavy atom. The van der Waals surface area contributed by atoms with Crippen LogP contribution in [-0.2, 0) is 0 Å². The summed E-state index contributed by atoms with van der Waals surface area (Å²) < 4.78 is 27.9. The Labute approximate surface area is 138 Å². The predicted octanol–water partition coefficient (Wildman–Crippen LogP) is 3.26. The summed E-state index contributed by atoms with van der Waals surface area (Å²) in [5, 5.41) is 0. The number of aromatic nitrogens is 2. The molecule has 0 atom stereocenters. The Kier molecular flexibility index (Phi) is 3.69. The quantitative estimate of drug-likeness (QED) is 0.784. The topological polar surface area (TPSA) is 35.2 Å². The number of rotatable bonds is 2. The van der Waals surface area contributed by atoms with Gasteiger partial charge in [0.25, 0.3) is 0 Å². The summed E-state index contributed by atoms with van der Waals surface area (Å²) in [6.07, 6.45) is 0. The van der Waals surface area contributed by atoms with Gasteiger partial charge in [-0.3, -0.25) is 0 Å². The van der Waals surface area contributed by atoms with E-state index in [1.807, 2.05) is 4.90 Å². The average Bonchev–Trinajstić information content (AvgIpc) is 2.98. The lowest BCUT2D eigenvalue weighted by Gasteiger charge is -2.34. The fourth-order valence-electron chi connectivity index (χ4n) is 3.08. The number of H-pyrrole nitrogens is 1. The van der Waals surface area contributed by atoms with Gasteiger partial charge < -0.3 is 14.8 Å². The summed E-state index contributed by atoms with van der Waals surface area (Å²) in [5.74, 6) is -0.0433. The molecule has 4 nitrogen and oxygen atoms in total. The summed E-state index contributed by atoms with van der Waals surface area (Å²) in [7, 11) is 2.07. The molecule has 1 aliphatic rings. The van der Waals surface area contributed by atoms with Crippen molar-refractivity contribution in [1.29, 1.82) is 0 Å². The highest BCUT2D eigenvalue weighted by Gasteiger charge is 2.19. The number of benzene rings is 2. The Hall–Kier alpha value is -2.47. The maximum atomic E-state index is 14.5. The normalized spacial score (nSPS) is 16.0. The first-order chi connectivity index (χ1) is 11.6. The Balaban J connectivity index is 1.72. The Bertz CT molecular complexity index is 882. The number of hydrogen-bond donors (Lipinski definition) is 1. The van der Waals surface area contributed by atoms with Crippen LogP contribution in [0.1, 0.15) is 0 Å². The lowest BCUT2D eigenvalue weighted by atomic mass is 10.2. The summed E-state index contributed by atoms with van der Waals surface area (Å²) >= 11 is 0. The van der Waals surface area contributed by atoms with Gasteiger partial charge in [-0.15, -0.1) is 0 Å². The molecular weight excluding hydrogens is 310 g/mol. The molecule has 2 heterocycles. The smallest absolute Gasteiger partial charge is 0.148 e. The zero-order valence-electron chi connectivity index (χ0n) is 13.4. The molecule has 4 rings (SSSR count). The van der Waals surface area contributed by atoms with Gasteiger partial charge in [-0.2, -0.15) is 0 Å². The van der Waals surface area contributed by atoms with E-state index < -0.39 is 0 Å². The molecule has 2 aromatic carbocycles. The van der Waals surface area contributed by atoms with E-state index in [0.717, 1.165) is 26.2 Å². The molecule has 0 amide bonds. The monoisotopic (exact) mass is 328 g/mol. The van der Waals surface area contributed by atoms with Crippen molar-refractivity contribution in [2.45, 2.75) is 0 Å². The fourth-order valence-corrected chi connectivity index (χ4v) is 3.08. The number of imidazole rings is 1. The van der Waals surface area contributed by atoms with Gasteiger partial charge in [0.15, 0.2) is 0 Å². The molecule has 0 bridgehead atoms. The first kappa shape index (κ1) is 15.1. The van der Waals surface area contributed by atoms with Crippen LogP contribution in [0, 0.1) is 11.6 Å². The third-order valence-electron chi connectivity index (χ3n) is 4.49. The lowest BCUT2D eigenvalue weighted by molar-refractivity contribution is 0.312. The summed E-state index contributed by atoms with van der Waals surface area (Å²) in [6.45, 7) is 3.40. The third kappa shape index (κ3) is 2.73. The van der Waals surface area contributed by atoms with Gasteiger partial charge in [0.2, 0.25) is 0 Å². The van der Waals surface area contributed by atoms with Crippen LogP contribution in [0.3, 0.4) is 0 Å². The first-order valence-electron chi connectivity index (χ1n) is 7.99. The van der Waals surface area contributed by atoms with Crippen LogP contribution in [0.4, 0.5) is 14.5 Å². The number of likely N-dealkylation sites (N-methyl/N-ethyl adjacent to an activating group) is 1. The molecule has 0 radical (unpaired) electrons.